The second-order valence-electron chi connectivity index (χ2n) is 13.7. The Kier molecular flexibility index (Phi) is 11.7. The summed E-state index contributed by atoms with van der Waals surface area (Å²) in [7, 11) is 0. The Morgan fingerprint density at radius 2 is 0.789 bits per heavy atom. The molecule has 0 fully saturated rings. The summed E-state index contributed by atoms with van der Waals surface area (Å²) in [5.74, 6) is 0. The fourth-order valence-electron chi connectivity index (χ4n) is 7.11. The molecule has 0 saturated heterocycles. The van der Waals surface area contributed by atoms with Crippen LogP contribution in [0.4, 0.5) is 0 Å². The summed E-state index contributed by atoms with van der Waals surface area (Å²) < 4.78 is 12.8. The summed E-state index contributed by atoms with van der Waals surface area (Å²) >= 11 is 0. The van der Waals surface area contributed by atoms with Crippen LogP contribution in [-0.4, -0.2) is 0 Å². The van der Waals surface area contributed by atoms with Gasteiger partial charge >= 0.3 is 0 Å². The van der Waals surface area contributed by atoms with Gasteiger partial charge in [-0.25, -0.2) is 0 Å². The minimum atomic E-state index is 0.863. The standard InChI is InChI=1S/C42H26O2.C10H14.C3H6/c1-3-9-27(10-4-1)29-13-7-15-31(21-29)33-17-19-39-35(23-33)37-25-42-38(26-41(37)43-39)36-24-34(18-20-40(36)44-42)32-16-8-14-30(22-32)28-11-5-2-6-12-28;1-5-8-10(7-3)9(4)6-2;1-3-2/h1-26H;5-8H,2,4H2,1,3H3;3H,1H2,2H3/b;8-5-,10-7+;. The van der Waals surface area contributed by atoms with E-state index >= 15 is 0 Å². The molecule has 2 heteroatoms. The highest BCUT2D eigenvalue weighted by Gasteiger charge is 2.15. The maximum atomic E-state index is 6.40. The lowest BCUT2D eigenvalue weighted by Gasteiger charge is -2.06. The predicted octanol–water partition coefficient (Wildman–Crippen LogP) is 16.6. The molecule has 9 aromatic rings. The van der Waals surface area contributed by atoms with Crippen molar-refractivity contribution in [2.45, 2.75) is 20.8 Å². The fraction of sp³-hybridized carbons (Fsp3) is 0.0545. The molecule has 0 aliphatic carbocycles. The van der Waals surface area contributed by atoms with Crippen LogP contribution in [0.5, 0.6) is 0 Å². The first kappa shape index (κ1) is 38.1. The molecule has 278 valence electrons. The number of fused-ring (bicyclic) bond motifs is 6. The van der Waals surface area contributed by atoms with Crippen LogP contribution in [-0.2, 0) is 0 Å². The molecule has 0 radical (unpaired) electrons. The van der Waals surface area contributed by atoms with E-state index in [2.05, 4.69) is 165 Å². The van der Waals surface area contributed by atoms with Crippen molar-refractivity contribution in [1.82, 2.24) is 0 Å². The molecule has 57 heavy (non-hydrogen) atoms. The quantitative estimate of drug-likeness (QED) is 0.120. The first-order valence-corrected chi connectivity index (χ1v) is 19.3. The molecule has 0 atom stereocenters. The van der Waals surface area contributed by atoms with Gasteiger partial charge in [0.05, 0.1) is 0 Å². The number of rotatable bonds is 7. The van der Waals surface area contributed by atoms with E-state index in [0.29, 0.717) is 0 Å². The molecule has 0 N–H and O–H groups in total. The zero-order valence-electron chi connectivity index (χ0n) is 32.8. The molecule has 0 bridgehead atoms. The molecule has 0 unspecified atom stereocenters. The Morgan fingerprint density at radius 1 is 0.421 bits per heavy atom. The van der Waals surface area contributed by atoms with E-state index in [1.807, 2.05) is 51.1 Å². The van der Waals surface area contributed by atoms with Crippen molar-refractivity contribution in [2.75, 3.05) is 0 Å². The largest absolute Gasteiger partial charge is 0.456 e. The van der Waals surface area contributed by atoms with Gasteiger partial charge < -0.3 is 8.83 Å². The zero-order valence-corrected chi connectivity index (χ0v) is 32.8. The van der Waals surface area contributed by atoms with Crippen molar-refractivity contribution < 1.29 is 8.83 Å². The second kappa shape index (κ2) is 17.5. The van der Waals surface area contributed by atoms with Gasteiger partial charge in [-0.05, 0) is 125 Å². The smallest absolute Gasteiger partial charge is 0.136 e. The van der Waals surface area contributed by atoms with Crippen molar-refractivity contribution >= 4 is 43.9 Å². The van der Waals surface area contributed by atoms with Crippen LogP contribution in [0.15, 0.2) is 228 Å². The van der Waals surface area contributed by atoms with E-state index in [1.54, 1.807) is 12.2 Å². The third-order valence-electron chi connectivity index (χ3n) is 9.94. The summed E-state index contributed by atoms with van der Waals surface area (Å²) in [5, 5.41) is 4.29. The summed E-state index contributed by atoms with van der Waals surface area (Å²) in [4.78, 5) is 0. The van der Waals surface area contributed by atoms with Gasteiger partial charge in [-0.2, -0.15) is 0 Å². The van der Waals surface area contributed by atoms with E-state index < -0.39 is 0 Å². The zero-order chi connectivity index (χ0) is 39.7. The normalized spacial score (nSPS) is 11.3. The van der Waals surface area contributed by atoms with Gasteiger partial charge in [0.15, 0.2) is 0 Å². The molecule has 0 aliphatic heterocycles. The van der Waals surface area contributed by atoms with Crippen LogP contribution in [0.3, 0.4) is 0 Å². The minimum absolute atomic E-state index is 0.863. The van der Waals surface area contributed by atoms with Crippen LogP contribution >= 0.6 is 0 Å². The average molecular weight is 739 g/mol. The summed E-state index contributed by atoms with van der Waals surface area (Å²) in [6, 6.07) is 55.6. The van der Waals surface area contributed by atoms with Crippen LogP contribution in [0, 0.1) is 0 Å². The van der Waals surface area contributed by atoms with Gasteiger partial charge in [0.2, 0.25) is 0 Å². The van der Waals surface area contributed by atoms with Crippen molar-refractivity contribution in [3.8, 4) is 44.5 Å². The highest BCUT2D eigenvalue weighted by Crippen LogP contribution is 2.40. The Labute approximate surface area is 335 Å². The molecule has 9 rings (SSSR count). The van der Waals surface area contributed by atoms with Gasteiger partial charge in [-0.15, -0.1) is 6.58 Å². The predicted molar refractivity (Wildman–Crippen MR) is 247 cm³/mol. The molecule has 0 saturated carbocycles. The van der Waals surface area contributed by atoms with E-state index in [-0.39, 0.29) is 0 Å². The molecule has 2 heterocycles. The number of furan rings is 2. The Hall–Kier alpha value is -7.16. The molecular weight excluding hydrogens is 693 g/mol. The first-order chi connectivity index (χ1) is 27.9. The van der Waals surface area contributed by atoms with Crippen LogP contribution in [0.25, 0.3) is 88.4 Å². The molecule has 2 aromatic heterocycles. The third kappa shape index (κ3) is 8.27. The van der Waals surface area contributed by atoms with E-state index in [4.69, 9.17) is 8.83 Å². The van der Waals surface area contributed by atoms with E-state index in [1.165, 1.54) is 33.4 Å². The van der Waals surface area contributed by atoms with Crippen molar-refractivity contribution in [1.29, 1.82) is 0 Å². The third-order valence-corrected chi connectivity index (χ3v) is 9.94. The lowest BCUT2D eigenvalue weighted by Crippen LogP contribution is -1.81. The second-order valence-corrected chi connectivity index (χ2v) is 13.7. The fourth-order valence-corrected chi connectivity index (χ4v) is 7.11. The Balaban J connectivity index is 0.000000333. The summed E-state index contributed by atoms with van der Waals surface area (Å²) in [6.07, 6.45) is 9.54. The summed E-state index contributed by atoms with van der Waals surface area (Å²) in [5.41, 5.74) is 15.1. The average Bonchev–Trinajstić information content (AvgIpc) is 3.82. The highest BCUT2D eigenvalue weighted by molar-refractivity contribution is 6.15. The van der Waals surface area contributed by atoms with Crippen molar-refractivity contribution in [2.24, 2.45) is 0 Å². The van der Waals surface area contributed by atoms with Crippen LogP contribution in [0.2, 0.25) is 0 Å². The summed E-state index contributed by atoms with van der Waals surface area (Å²) in [6.45, 7) is 16.7. The molecule has 0 spiro atoms. The number of allylic oxidation sites excluding steroid dienone is 7. The highest BCUT2D eigenvalue weighted by atomic mass is 16.3. The first-order valence-electron chi connectivity index (χ1n) is 19.3. The Bertz CT molecular complexity index is 2740. The van der Waals surface area contributed by atoms with Crippen molar-refractivity contribution in [3.63, 3.8) is 0 Å². The number of benzene rings is 7. The van der Waals surface area contributed by atoms with Crippen LogP contribution in [0.1, 0.15) is 20.8 Å². The molecular formula is C55H46O2. The number of hydrogen-bond acceptors (Lipinski definition) is 2. The van der Waals surface area contributed by atoms with Gasteiger partial charge in [0.25, 0.3) is 0 Å². The van der Waals surface area contributed by atoms with Gasteiger partial charge in [0.1, 0.15) is 22.3 Å². The molecule has 2 nitrogen and oxygen atoms in total. The maximum Gasteiger partial charge on any atom is 0.136 e. The van der Waals surface area contributed by atoms with Gasteiger partial charge in [-0.3, -0.25) is 0 Å². The Morgan fingerprint density at radius 3 is 1.18 bits per heavy atom. The molecule has 0 aliphatic rings. The monoisotopic (exact) mass is 738 g/mol. The maximum absolute atomic E-state index is 6.40. The lowest BCUT2D eigenvalue weighted by atomic mass is 9.97. The van der Waals surface area contributed by atoms with Crippen molar-refractivity contribution in [3.05, 3.63) is 219 Å². The van der Waals surface area contributed by atoms with E-state index in [0.717, 1.165) is 66.2 Å². The van der Waals surface area contributed by atoms with Gasteiger partial charge in [0, 0.05) is 21.5 Å². The number of hydrogen-bond donors (Lipinski definition) is 0. The van der Waals surface area contributed by atoms with Crippen LogP contribution < -0.4 is 0 Å². The topological polar surface area (TPSA) is 26.3 Å². The van der Waals surface area contributed by atoms with E-state index in [9.17, 15) is 0 Å². The lowest BCUT2D eigenvalue weighted by molar-refractivity contribution is 0.664. The SMILES string of the molecule is C=CC.C=CC(=C)C(/C=C\C)=C/C.c1ccc(-c2cccc(-c3ccc4oc5cc6c(cc5c4c3)oc3ccc(-c4cccc(-c5ccccc5)c4)cc36)c2)cc1. The minimum Gasteiger partial charge on any atom is -0.456 e. The van der Waals surface area contributed by atoms with Gasteiger partial charge in [-0.1, -0.05) is 153 Å². The molecule has 7 aromatic carbocycles. The molecule has 0 amide bonds.